The predicted octanol–water partition coefficient (Wildman–Crippen LogP) is 4.82. The van der Waals surface area contributed by atoms with Gasteiger partial charge < -0.3 is 10.6 Å². The van der Waals surface area contributed by atoms with Crippen molar-refractivity contribution >= 4 is 35.4 Å². The number of nitrogens with one attached hydrogen (secondary N) is 3. The molecule has 0 aliphatic rings. The first-order chi connectivity index (χ1) is 15.2. The van der Waals surface area contributed by atoms with Gasteiger partial charge >= 0.3 is 0 Å². The van der Waals surface area contributed by atoms with Crippen LogP contribution in [0.3, 0.4) is 0 Å². The Morgan fingerprint density at radius 3 is 2.23 bits per heavy atom. The molecule has 0 unspecified atom stereocenters. The van der Waals surface area contributed by atoms with Gasteiger partial charge in [-0.25, -0.2) is 5.43 Å². The van der Waals surface area contributed by atoms with Crippen molar-refractivity contribution in [2.24, 2.45) is 5.10 Å². The number of benzene rings is 2. The minimum absolute atomic E-state index is 0.311. The zero-order valence-electron chi connectivity index (χ0n) is 17.2. The third kappa shape index (κ3) is 5.60. The van der Waals surface area contributed by atoms with Gasteiger partial charge in [0.15, 0.2) is 0 Å². The van der Waals surface area contributed by atoms with Gasteiger partial charge in [0.2, 0.25) is 17.8 Å². The highest BCUT2D eigenvalue weighted by Gasteiger charge is 2.08. The van der Waals surface area contributed by atoms with Gasteiger partial charge in [0, 0.05) is 23.8 Å². The maximum Gasteiger partial charge on any atom is 0.250 e. The Balaban J connectivity index is 1.60. The van der Waals surface area contributed by atoms with E-state index in [1.165, 1.54) is 5.56 Å². The average Bonchev–Trinajstić information content (AvgIpc) is 2.77. The number of para-hydroxylation sites is 1. The van der Waals surface area contributed by atoms with E-state index in [2.05, 4.69) is 54.1 Å². The molecule has 8 heteroatoms. The van der Waals surface area contributed by atoms with Crippen LogP contribution < -0.4 is 16.1 Å². The zero-order chi connectivity index (χ0) is 21.5. The fraction of sp³-hybridized carbons (Fsp3) is 0.0870. The topological polar surface area (TPSA) is 100 Å². The van der Waals surface area contributed by atoms with E-state index in [0.29, 0.717) is 17.8 Å². The number of pyridine rings is 1. The van der Waals surface area contributed by atoms with Gasteiger partial charge in [0.05, 0.1) is 6.21 Å². The quantitative estimate of drug-likeness (QED) is 0.297. The van der Waals surface area contributed by atoms with E-state index in [4.69, 9.17) is 0 Å². The molecule has 0 saturated carbocycles. The normalized spacial score (nSPS) is 10.8. The van der Waals surface area contributed by atoms with Crippen LogP contribution in [0.1, 0.15) is 16.7 Å². The molecule has 0 radical (unpaired) electrons. The van der Waals surface area contributed by atoms with Gasteiger partial charge in [0.25, 0.3) is 0 Å². The molecule has 2 aromatic heterocycles. The fourth-order valence-corrected chi connectivity index (χ4v) is 2.88. The summed E-state index contributed by atoms with van der Waals surface area (Å²) < 4.78 is 0. The largest absolute Gasteiger partial charge is 0.324 e. The maximum atomic E-state index is 4.51. The molecule has 0 bridgehead atoms. The monoisotopic (exact) mass is 410 g/mol. The summed E-state index contributed by atoms with van der Waals surface area (Å²) >= 11 is 0. The standard InChI is InChI=1S/C23H22N8/c1-16-8-9-20(17(2)14-16)27-22-28-21(26-19-6-4-3-5-7-19)29-23(30-22)31-25-15-18-10-12-24-13-11-18/h3-15H,1-2H3,(H3,26,27,28,29,30,31)/b25-15+. The van der Waals surface area contributed by atoms with Crippen molar-refractivity contribution in [2.45, 2.75) is 13.8 Å². The van der Waals surface area contributed by atoms with Crippen molar-refractivity contribution in [3.8, 4) is 0 Å². The summed E-state index contributed by atoms with van der Waals surface area (Å²) in [5, 5.41) is 10.7. The summed E-state index contributed by atoms with van der Waals surface area (Å²) in [4.78, 5) is 17.4. The van der Waals surface area contributed by atoms with E-state index in [0.717, 1.165) is 22.5 Å². The molecule has 31 heavy (non-hydrogen) atoms. The number of hydrogen-bond donors (Lipinski definition) is 3. The Labute approximate surface area is 180 Å². The van der Waals surface area contributed by atoms with E-state index in [-0.39, 0.29) is 0 Å². The second-order valence-corrected chi connectivity index (χ2v) is 6.89. The number of anilines is 5. The minimum atomic E-state index is 0.311. The van der Waals surface area contributed by atoms with Crippen LogP contribution in [0.5, 0.6) is 0 Å². The molecule has 0 spiro atoms. The molecular formula is C23H22N8. The zero-order valence-corrected chi connectivity index (χ0v) is 17.2. The first-order valence-electron chi connectivity index (χ1n) is 9.77. The number of hydrogen-bond acceptors (Lipinski definition) is 8. The summed E-state index contributed by atoms with van der Waals surface area (Å²) in [5.41, 5.74) is 7.88. The van der Waals surface area contributed by atoms with Gasteiger partial charge in [-0.05, 0) is 55.3 Å². The molecule has 3 N–H and O–H groups in total. The smallest absolute Gasteiger partial charge is 0.250 e. The van der Waals surface area contributed by atoms with Crippen molar-refractivity contribution in [1.29, 1.82) is 0 Å². The summed E-state index contributed by atoms with van der Waals surface area (Å²) in [6.45, 7) is 4.10. The summed E-state index contributed by atoms with van der Waals surface area (Å²) in [5.74, 6) is 1.11. The molecule has 154 valence electrons. The first kappa shape index (κ1) is 20.0. The van der Waals surface area contributed by atoms with Crippen molar-refractivity contribution in [3.05, 3.63) is 89.7 Å². The van der Waals surface area contributed by atoms with Crippen LogP contribution in [-0.4, -0.2) is 26.2 Å². The van der Waals surface area contributed by atoms with Crippen LogP contribution >= 0.6 is 0 Å². The maximum absolute atomic E-state index is 4.51. The first-order valence-corrected chi connectivity index (χ1v) is 9.77. The highest BCUT2D eigenvalue weighted by molar-refractivity contribution is 5.79. The molecule has 2 aromatic carbocycles. The highest BCUT2D eigenvalue weighted by atomic mass is 15.4. The second-order valence-electron chi connectivity index (χ2n) is 6.89. The van der Waals surface area contributed by atoms with Crippen molar-refractivity contribution in [2.75, 3.05) is 16.1 Å². The van der Waals surface area contributed by atoms with E-state index >= 15 is 0 Å². The van der Waals surface area contributed by atoms with Crippen LogP contribution in [0.25, 0.3) is 0 Å². The summed E-state index contributed by atoms with van der Waals surface area (Å²) in [6, 6.07) is 19.6. The van der Waals surface area contributed by atoms with Gasteiger partial charge in [-0.15, -0.1) is 0 Å². The van der Waals surface area contributed by atoms with Crippen LogP contribution in [0.4, 0.5) is 29.2 Å². The van der Waals surface area contributed by atoms with E-state index in [1.807, 2.05) is 61.5 Å². The lowest BCUT2D eigenvalue weighted by Crippen LogP contribution is -2.07. The molecule has 0 saturated heterocycles. The summed E-state index contributed by atoms with van der Waals surface area (Å²) in [7, 11) is 0. The van der Waals surface area contributed by atoms with E-state index in [1.54, 1.807) is 18.6 Å². The van der Waals surface area contributed by atoms with Crippen LogP contribution in [0.15, 0.2) is 78.2 Å². The molecule has 4 rings (SSSR count). The van der Waals surface area contributed by atoms with Gasteiger partial charge in [-0.3, -0.25) is 4.98 Å². The molecule has 8 nitrogen and oxygen atoms in total. The lowest BCUT2D eigenvalue weighted by atomic mass is 10.1. The fourth-order valence-electron chi connectivity index (χ4n) is 2.88. The number of hydrazone groups is 1. The number of aromatic nitrogens is 4. The van der Waals surface area contributed by atoms with Crippen LogP contribution in [-0.2, 0) is 0 Å². The van der Waals surface area contributed by atoms with Gasteiger partial charge in [0.1, 0.15) is 0 Å². The third-order valence-corrected chi connectivity index (χ3v) is 4.38. The van der Waals surface area contributed by atoms with E-state index in [9.17, 15) is 0 Å². The minimum Gasteiger partial charge on any atom is -0.324 e. The Morgan fingerprint density at radius 2 is 1.48 bits per heavy atom. The molecule has 2 heterocycles. The third-order valence-electron chi connectivity index (χ3n) is 4.38. The lowest BCUT2D eigenvalue weighted by Gasteiger charge is -2.12. The molecule has 0 aliphatic carbocycles. The van der Waals surface area contributed by atoms with Crippen molar-refractivity contribution < 1.29 is 0 Å². The van der Waals surface area contributed by atoms with Crippen LogP contribution in [0.2, 0.25) is 0 Å². The molecular weight excluding hydrogens is 388 g/mol. The predicted molar refractivity (Wildman–Crippen MR) is 124 cm³/mol. The molecule has 0 atom stereocenters. The Morgan fingerprint density at radius 1 is 0.774 bits per heavy atom. The number of nitrogens with zero attached hydrogens (tertiary/aromatic N) is 5. The number of aryl methyl sites for hydroxylation is 2. The van der Waals surface area contributed by atoms with Gasteiger partial charge in [-0.1, -0.05) is 35.9 Å². The summed E-state index contributed by atoms with van der Waals surface area (Å²) in [6.07, 6.45) is 5.09. The Kier molecular flexibility index (Phi) is 6.08. The molecule has 0 aliphatic heterocycles. The molecule has 0 amide bonds. The SMILES string of the molecule is Cc1ccc(Nc2nc(N/N=C/c3ccncc3)nc(Nc3ccccc3)n2)c(C)c1. The molecule has 0 fully saturated rings. The Bertz CT molecular complexity index is 1180. The van der Waals surface area contributed by atoms with Crippen molar-refractivity contribution in [3.63, 3.8) is 0 Å². The van der Waals surface area contributed by atoms with Crippen LogP contribution in [0, 0.1) is 13.8 Å². The van der Waals surface area contributed by atoms with E-state index < -0.39 is 0 Å². The highest BCUT2D eigenvalue weighted by Crippen LogP contribution is 2.22. The average molecular weight is 410 g/mol. The Hall–Kier alpha value is -4.33. The van der Waals surface area contributed by atoms with Crippen molar-refractivity contribution in [1.82, 2.24) is 19.9 Å². The number of rotatable bonds is 7. The molecule has 4 aromatic rings. The second kappa shape index (κ2) is 9.45. The van der Waals surface area contributed by atoms with Gasteiger partial charge in [-0.2, -0.15) is 20.1 Å². The lowest BCUT2D eigenvalue weighted by molar-refractivity contribution is 1.04.